The van der Waals surface area contributed by atoms with Crippen LogP contribution in [0.2, 0.25) is 0 Å². The van der Waals surface area contributed by atoms with Crippen molar-refractivity contribution in [1.29, 1.82) is 0 Å². The molecular weight excluding hydrogens is 282 g/mol. The van der Waals surface area contributed by atoms with Crippen molar-refractivity contribution in [2.45, 2.75) is 45.6 Å². The SMILES string of the molecule is CCCNC(=O)[C@@H](C)OC(=O)COc1ccc2c(c1)CCC2. The van der Waals surface area contributed by atoms with Crippen molar-refractivity contribution in [3.63, 3.8) is 0 Å². The van der Waals surface area contributed by atoms with Crippen molar-refractivity contribution in [2.24, 2.45) is 0 Å². The number of hydrogen-bond acceptors (Lipinski definition) is 4. The van der Waals surface area contributed by atoms with Crippen LogP contribution >= 0.6 is 0 Å². The smallest absolute Gasteiger partial charge is 0.344 e. The first kappa shape index (κ1) is 16.3. The van der Waals surface area contributed by atoms with Crippen LogP contribution in [0.4, 0.5) is 0 Å². The molecule has 5 nitrogen and oxygen atoms in total. The Morgan fingerprint density at radius 3 is 2.82 bits per heavy atom. The van der Waals surface area contributed by atoms with Gasteiger partial charge in [-0.2, -0.15) is 0 Å². The first-order valence-corrected chi connectivity index (χ1v) is 7.82. The lowest BCUT2D eigenvalue weighted by atomic mass is 10.1. The molecule has 1 amide bonds. The van der Waals surface area contributed by atoms with Gasteiger partial charge in [0.2, 0.25) is 0 Å². The molecule has 1 atom stereocenters. The van der Waals surface area contributed by atoms with E-state index in [1.54, 1.807) is 6.92 Å². The molecule has 0 unspecified atom stereocenters. The van der Waals surface area contributed by atoms with Crippen LogP contribution in [0.3, 0.4) is 0 Å². The Hall–Kier alpha value is -2.04. The predicted octanol–water partition coefficient (Wildman–Crippen LogP) is 2.01. The van der Waals surface area contributed by atoms with Crippen LogP contribution in [0, 0.1) is 0 Å². The predicted molar refractivity (Wildman–Crippen MR) is 82.8 cm³/mol. The van der Waals surface area contributed by atoms with Crippen molar-refractivity contribution < 1.29 is 19.1 Å². The van der Waals surface area contributed by atoms with E-state index < -0.39 is 12.1 Å². The number of carbonyl (C=O) groups excluding carboxylic acids is 2. The quantitative estimate of drug-likeness (QED) is 0.783. The first-order valence-electron chi connectivity index (χ1n) is 7.82. The number of hydrogen-bond donors (Lipinski definition) is 1. The second-order valence-corrected chi connectivity index (χ2v) is 5.50. The molecule has 1 aliphatic rings. The number of fused-ring (bicyclic) bond motifs is 1. The average Bonchev–Trinajstić information content (AvgIpc) is 2.98. The summed E-state index contributed by atoms with van der Waals surface area (Å²) < 4.78 is 10.5. The van der Waals surface area contributed by atoms with E-state index in [-0.39, 0.29) is 12.5 Å². The van der Waals surface area contributed by atoms with Gasteiger partial charge in [0, 0.05) is 6.54 Å². The zero-order chi connectivity index (χ0) is 15.9. The van der Waals surface area contributed by atoms with E-state index >= 15 is 0 Å². The van der Waals surface area contributed by atoms with E-state index in [4.69, 9.17) is 9.47 Å². The van der Waals surface area contributed by atoms with E-state index in [0.29, 0.717) is 12.3 Å². The Bertz CT molecular complexity index is 541. The first-order chi connectivity index (χ1) is 10.6. The van der Waals surface area contributed by atoms with Crippen molar-refractivity contribution >= 4 is 11.9 Å². The minimum atomic E-state index is -0.803. The van der Waals surface area contributed by atoms with Gasteiger partial charge in [0.15, 0.2) is 12.7 Å². The van der Waals surface area contributed by atoms with Gasteiger partial charge in [-0.25, -0.2) is 4.79 Å². The third-order valence-corrected chi connectivity index (χ3v) is 3.65. The summed E-state index contributed by atoms with van der Waals surface area (Å²) in [5.74, 6) is -0.159. The lowest BCUT2D eigenvalue weighted by molar-refractivity contribution is -0.156. The molecule has 0 saturated heterocycles. The Labute approximate surface area is 131 Å². The average molecular weight is 305 g/mol. The normalized spacial score (nSPS) is 14.1. The summed E-state index contributed by atoms with van der Waals surface area (Å²) in [7, 11) is 0. The molecule has 120 valence electrons. The van der Waals surface area contributed by atoms with Gasteiger partial charge in [-0.15, -0.1) is 0 Å². The Kier molecular flexibility index (Phi) is 5.81. The van der Waals surface area contributed by atoms with Gasteiger partial charge < -0.3 is 14.8 Å². The number of carbonyl (C=O) groups is 2. The number of amides is 1. The largest absolute Gasteiger partial charge is 0.482 e. The van der Waals surface area contributed by atoms with Gasteiger partial charge in [0.05, 0.1) is 0 Å². The highest BCUT2D eigenvalue weighted by atomic mass is 16.6. The molecule has 0 spiro atoms. The summed E-state index contributed by atoms with van der Waals surface area (Å²) in [6.07, 6.45) is 3.38. The summed E-state index contributed by atoms with van der Waals surface area (Å²) in [5, 5.41) is 2.68. The molecule has 0 aliphatic heterocycles. The Morgan fingerprint density at radius 2 is 2.05 bits per heavy atom. The third-order valence-electron chi connectivity index (χ3n) is 3.65. The second-order valence-electron chi connectivity index (χ2n) is 5.50. The molecule has 0 fully saturated rings. The van der Waals surface area contributed by atoms with Crippen molar-refractivity contribution in [1.82, 2.24) is 5.32 Å². The maximum Gasteiger partial charge on any atom is 0.344 e. The lowest BCUT2D eigenvalue weighted by Crippen LogP contribution is -2.37. The number of esters is 1. The molecule has 1 aromatic carbocycles. The maximum absolute atomic E-state index is 11.7. The van der Waals surface area contributed by atoms with Crippen LogP contribution in [0.5, 0.6) is 5.75 Å². The van der Waals surface area contributed by atoms with E-state index in [2.05, 4.69) is 5.32 Å². The van der Waals surface area contributed by atoms with E-state index in [1.165, 1.54) is 17.5 Å². The minimum Gasteiger partial charge on any atom is -0.482 e. The number of benzene rings is 1. The van der Waals surface area contributed by atoms with Gasteiger partial charge in [-0.3, -0.25) is 4.79 Å². The molecule has 2 rings (SSSR count). The molecule has 1 N–H and O–H groups in total. The molecule has 0 heterocycles. The molecule has 1 aromatic rings. The summed E-state index contributed by atoms with van der Waals surface area (Å²) >= 11 is 0. The number of aryl methyl sites for hydroxylation is 2. The molecule has 5 heteroatoms. The van der Waals surface area contributed by atoms with E-state index in [9.17, 15) is 9.59 Å². The fourth-order valence-corrected chi connectivity index (χ4v) is 2.46. The minimum absolute atomic E-state index is 0.190. The zero-order valence-electron chi connectivity index (χ0n) is 13.2. The van der Waals surface area contributed by atoms with Crippen LogP contribution in [0.25, 0.3) is 0 Å². The van der Waals surface area contributed by atoms with Crippen molar-refractivity contribution in [3.8, 4) is 5.75 Å². The summed E-state index contributed by atoms with van der Waals surface area (Å²) in [6, 6.07) is 5.89. The van der Waals surface area contributed by atoms with Crippen LogP contribution in [-0.4, -0.2) is 31.1 Å². The van der Waals surface area contributed by atoms with E-state index in [1.807, 2.05) is 25.1 Å². The molecule has 22 heavy (non-hydrogen) atoms. The Morgan fingerprint density at radius 1 is 1.27 bits per heavy atom. The van der Waals surface area contributed by atoms with Gasteiger partial charge >= 0.3 is 5.97 Å². The Balaban J connectivity index is 1.76. The summed E-state index contributed by atoms with van der Waals surface area (Å²) in [5.41, 5.74) is 2.65. The molecule has 0 radical (unpaired) electrons. The highest BCUT2D eigenvalue weighted by Gasteiger charge is 2.18. The fraction of sp³-hybridized carbons (Fsp3) is 0.529. The second kappa shape index (κ2) is 7.82. The van der Waals surface area contributed by atoms with E-state index in [0.717, 1.165) is 19.3 Å². The lowest BCUT2D eigenvalue weighted by Gasteiger charge is -2.13. The molecule has 0 bridgehead atoms. The maximum atomic E-state index is 11.7. The third kappa shape index (κ3) is 4.48. The fourth-order valence-electron chi connectivity index (χ4n) is 2.46. The molecule has 1 aliphatic carbocycles. The van der Waals surface area contributed by atoms with Gasteiger partial charge in [0.25, 0.3) is 5.91 Å². The van der Waals surface area contributed by atoms with Gasteiger partial charge in [0.1, 0.15) is 5.75 Å². The molecular formula is C17H23NO4. The van der Waals surface area contributed by atoms with Gasteiger partial charge in [-0.05, 0) is 55.9 Å². The molecule has 0 aromatic heterocycles. The van der Waals surface area contributed by atoms with Crippen LogP contribution in [-0.2, 0) is 27.2 Å². The van der Waals surface area contributed by atoms with Crippen LogP contribution in [0.1, 0.15) is 37.8 Å². The number of nitrogens with one attached hydrogen (secondary N) is 1. The summed E-state index contributed by atoms with van der Waals surface area (Å²) in [4.78, 5) is 23.3. The van der Waals surface area contributed by atoms with Crippen LogP contribution < -0.4 is 10.1 Å². The standard InChI is InChI=1S/C17H23NO4/c1-3-9-18-17(20)12(2)22-16(19)11-21-15-8-7-13-5-4-6-14(13)10-15/h7-8,10,12H,3-6,9,11H2,1-2H3,(H,18,20)/t12-/m1/s1. The highest BCUT2D eigenvalue weighted by molar-refractivity contribution is 5.83. The number of ether oxygens (including phenoxy) is 2. The zero-order valence-corrected chi connectivity index (χ0v) is 13.2. The monoisotopic (exact) mass is 305 g/mol. The van der Waals surface area contributed by atoms with Crippen molar-refractivity contribution in [3.05, 3.63) is 29.3 Å². The van der Waals surface area contributed by atoms with Crippen LogP contribution in [0.15, 0.2) is 18.2 Å². The van der Waals surface area contributed by atoms with Gasteiger partial charge in [-0.1, -0.05) is 13.0 Å². The number of rotatable bonds is 7. The summed E-state index contributed by atoms with van der Waals surface area (Å²) in [6.45, 7) is 3.90. The van der Waals surface area contributed by atoms with Crippen molar-refractivity contribution in [2.75, 3.05) is 13.2 Å². The molecule has 0 saturated carbocycles. The highest BCUT2D eigenvalue weighted by Crippen LogP contribution is 2.25. The topological polar surface area (TPSA) is 64.6 Å².